The third-order valence-corrected chi connectivity index (χ3v) is 7.14. The Hall–Kier alpha value is -4.11. The summed E-state index contributed by atoms with van der Waals surface area (Å²) in [6.45, 7) is 2.17. The van der Waals surface area contributed by atoms with Gasteiger partial charge in [0.2, 0.25) is 0 Å². The number of H-pyrrole nitrogens is 1. The summed E-state index contributed by atoms with van der Waals surface area (Å²) >= 11 is 15.9. The van der Waals surface area contributed by atoms with Gasteiger partial charge in [-0.1, -0.05) is 57.3 Å². The molecule has 7 nitrogen and oxygen atoms in total. The number of nitrogens with zero attached hydrogens (tertiary/aromatic N) is 1. The fraction of sp³-hybridized carbons (Fsp3) is 0.0645. The highest BCUT2D eigenvalue weighted by molar-refractivity contribution is 9.10. The predicted molar refractivity (Wildman–Crippen MR) is 166 cm³/mol. The number of hydrogen-bond donors (Lipinski definition) is 2. The molecule has 1 aromatic heterocycles. The maximum Gasteiger partial charge on any atom is 0.343 e. The minimum absolute atomic E-state index is 0.251. The van der Waals surface area contributed by atoms with Gasteiger partial charge in [0.1, 0.15) is 5.69 Å². The fourth-order valence-electron chi connectivity index (χ4n) is 4.20. The van der Waals surface area contributed by atoms with Crippen molar-refractivity contribution in [3.63, 3.8) is 0 Å². The topological polar surface area (TPSA) is 92.8 Å². The van der Waals surface area contributed by atoms with Gasteiger partial charge < -0.3 is 14.5 Å². The molecule has 0 bridgehead atoms. The van der Waals surface area contributed by atoms with E-state index in [1.807, 2.05) is 43.3 Å². The summed E-state index contributed by atoms with van der Waals surface area (Å²) in [5.74, 6) is -0.382. The minimum atomic E-state index is -0.545. The lowest BCUT2D eigenvalue weighted by Gasteiger charge is -2.11. The molecule has 0 saturated heterocycles. The number of ether oxygens (including phenoxy) is 2. The number of esters is 1. The van der Waals surface area contributed by atoms with Crippen molar-refractivity contribution in [3.05, 3.63) is 116 Å². The van der Waals surface area contributed by atoms with Crippen LogP contribution in [-0.2, 0) is 0 Å². The number of benzene rings is 4. The van der Waals surface area contributed by atoms with Crippen LogP contribution in [0.1, 0.15) is 33.3 Å². The van der Waals surface area contributed by atoms with E-state index in [9.17, 15) is 9.59 Å². The maximum atomic E-state index is 13.3. The van der Waals surface area contributed by atoms with Crippen molar-refractivity contribution in [1.82, 2.24) is 10.4 Å². The van der Waals surface area contributed by atoms with Crippen molar-refractivity contribution in [3.8, 4) is 22.6 Å². The molecule has 0 radical (unpaired) electrons. The van der Waals surface area contributed by atoms with Crippen molar-refractivity contribution >= 4 is 68.1 Å². The zero-order valence-electron chi connectivity index (χ0n) is 21.6. The van der Waals surface area contributed by atoms with Gasteiger partial charge in [-0.05, 0) is 79.2 Å². The quantitative estimate of drug-likeness (QED) is 0.0765. The zero-order valence-corrected chi connectivity index (χ0v) is 24.7. The second kappa shape index (κ2) is 12.6. The number of aromatic nitrogens is 1. The smallest absolute Gasteiger partial charge is 0.343 e. The molecule has 0 aliphatic carbocycles. The standard InChI is InChI=1S/C31H22BrCl2N3O4/c1-2-40-27-15-18(7-14-26(27)41-31(39)19-8-11-21(33)12-9-19)17-35-37-30(38)29-28(22-5-3-4-6-24(22)34)23-16-20(32)10-13-25(23)36-29/h3-17,36H,2H2,1H3,(H,37,38). The highest BCUT2D eigenvalue weighted by atomic mass is 79.9. The molecule has 41 heavy (non-hydrogen) atoms. The van der Waals surface area contributed by atoms with Crippen molar-refractivity contribution in [1.29, 1.82) is 0 Å². The third-order valence-electron chi connectivity index (χ3n) is 6.06. The van der Waals surface area contributed by atoms with E-state index in [-0.39, 0.29) is 5.75 Å². The lowest BCUT2D eigenvalue weighted by Crippen LogP contribution is -2.19. The van der Waals surface area contributed by atoms with Crippen LogP contribution >= 0.6 is 39.1 Å². The van der Waals surface area contributed by atoms with Crippen LogP contribution < -0.4 is 14.9 Å². The van der Waals surface area contributed by atoms with Crippen LogP contribution in [0.5, 0.6) is 11.5 Å². The van der Waals surface area contributed by atoms with E-state index in [1.165, 1.54) is 6.21 Å². The predicted octanol–water partition coefficient (Wildman–Crippen LogP) is 8.29. The van der Waals surface area contributed by atoms with Crippen LogP contribution in [0.4, 0.5) is 0 Å². The first-order chi connectivity index (χ1) is 19.8. The molecule has 1 amide bonds. The Morgan fingerprint density at radius 3 is 2.51 bits per heavy atom. The zero-order chi connectivity index (χ0) is 28.9. The first-order valence-corrected chi connectivity index (χ1v) is 14.0. The molecule has 206 valence electrons. The number of fused-ring (bicyclic) bond motifs is 1. The average molecular weight is 651 g/mol. The number of carbonyl (C=O) groups is 2. The van der Waals surface area contributed by atoms with Gasteiger partial charge in [0.05, 0.1) is 18.4 Å². The Kier molecular flexibility index (Phi) is 8.73. The largest absolute Gasteiger partial charge is 0.490 e. The maximum absolute atomic E-state index is 13.3. The van der Waals surface area contributed by atoms with E-state index in [4.69, 9.17) is 32.7 Å². The third kappa shape index (κ3) is 6.46. The molecule has 0 aliphatic heterocycles. The Morgan fingerprint density at radius 2 is 1.76 bits per heavy atom. The number of rotatable bonds is 8. The summed E-state index contributed by atoms with van der Waals surface area (Å²) in [6.07, 6.45) is 1.47. The first-order valence-electron chi connectivity index (χ1n) is 12.5. The van der Waals surface area contributed by atoms with Crippen molar-refractivity contribution in [2.24, 2.45) is 5.10 Å². The number of hydrogen-bond acceptors (Lipinski definition) is 5. The summed E-state index contributed by atoms with van der Waals surface area (Å²) in [4.78, 5) is 29.1. The minimum Gasteiger partial charge on any atom is -0.490 e. The molecule has 0 unspecified atom stereocenters. The Morgan fingerprint density at radius 1 is 0.976 bits per heavy atom. The molecular weight excluding hydrogens is 629 g/mol. The molecule has 5 aromatic rings. The van der Waals surface area contributed by atoms with Crippen LogP contribution in [0.2, 0.25) is 10.0 Å². The number of nitrogens with one attached hydrogen (secondary N) is 2. The molecule has 4 aromatic carbocycles. The molecule has 2 N–H and O–H groups in total. The lowest BCUT2D eigenvalue weighted by atomic mass is 10.0. The van der Waals surface area contributed by atoms with Crippen molar-refractivity contribution in [2.45, 2.75) is 6.92 Å². The molecular formula is C31H22BrCl2N3O4. The molecule has 5 rings (SSSR count). The van der Waals surface area contributed by atoms with Gasteiger partial charge in [0, 0.05) is 36.5 Å². The first kappa shape index (κ1) is 28.4. The van der Waals surface area contributed by atoms with Gasteiger partial charge in [-0.3, -0.25) is 4.79 Å². The van der Waals surface area contributed by atoms with Gasteiger partial charge in [-0.2, -0.15) is 5.10 Å². The van der Waals surface area contributed by atoms with E-state index in [2.05, 4.69) is 31.4 Å². The molecule has 0 fully saturated rings. The summed E-state index contributed by atoms with van der Waals surface area (Å²) < 4.78 is 12.1. The molecule has 0 spiro atoms. The van der Waals surface area contributed by atoms with Gasteiger partial charge in [0.15, 0.2) is 11.5 Å². The van der Waals surface area contributed by atoms with Gasteiger partial charge in [0.25, 0.3) is 5.91 Å². The van der Waals surface area contributed by atoms with E-state index >= 15 is 0 Å². The second-order valence-electron chi connectivity index (χ2n) is 8.78. The van der Waals surface area contributed by atoms with E-state index < -0.39 is 11.9 Å². The number of carbonyl (C=O) groups excluding carboxylic acids is 2. The summed E-state index contributed by atoms with van der Waals surface area (Å²) in [7, 11) is 0. The lowest BCUT2D eigenvalue weighted by molar-refractivity contribution is 0.0728. The second-order valence-corrected chi connectivity index (χ2v) is 10.5. The van der Waals surface area contributed by atoms with Gasteiger partial charge in [-0.25, -0.2) is 10.2 Å². The Bertz CT molecular complexity index is 1780. The monoisotopic (exact) mass is 649 g/mol. The van der Waals surface area contributed by atoms with Gasteiger partial charge >= 0.3 is 5.97 Å². The van der Waals surface area contributed by atoms with E-state index in [0.717, 1.165) is 20.9 Å². The van der Waals surface area contributed by atoms with Crippen molar-refractivity contribution < 1.29 is 19.1 Å². The van der Waals surface area contributed by atoms with E-state index in [1.54, 1.807) is 48.5 Å². The summed E-state index contributed by atoms with van der Waals surface area (Å²) in [5, 5.41) is 6.03. The Balaban J connectivity index is 1.37. The summed E-state index contributed by atoms with van der Waals surface area (Å²) in [5.41, 5.74) is 6.05. The van der Waals surface area contributed by atoms with Gasteiger partial charge in [-0.15, -0.1) is 0 Å². The number of amides is 1. The Labute approximate surface area is 254 Å². The van der Waals surface area contributed by atoms with Crippen LogP contribution in [0.25, 0.3) is 22.0 Å². The number of aromatic amines is 1. The number of halogens is 3. The molecule has 10 heteroatoms. The highest BCUT2D eigenvalue weighted by Crippen LogP contribution is 2.37. The van der Waals surface area contributed by atoms with Crippen LogP contribution in [0, 0.1) is 0 Å². The summed E-state index contributed by atoms with van der Waals surface area (Å²) in [6, 6.07) is 24.4. The molecule has 0 aliphatic rings. The van der Waals surface area contributed by atoms with Crippen molar-refractivity contribution in [2.75, 3.05) is 6.61 Å². The average Bonchev–Trinajstić information content (AvgIpc) is 3.33. The fourth-order valence-corrected chi connectivity index (χ4v) is 4.92. The van der Waals surface area contributed by atoms with Crippen LogP contribution in [0.3, 0.4) is 0 Å². The normalized spacial score (nSPS) is 11.1. The molecule has 0 atom stereocenters. The SMILES string of the molecule is CCOc1cc(C=NNC(=O)c2[nH]c3ccc(Br)cc3c2-c2ccccc2Cl)ccc1OC(=O)c1ccc(Cl)cc1. The number of hydrazone groups is 1. The van der Waals surface area contributed by atoms with Crippen LogP contribution in [-0.4, -0.2) is 29.7 Å². The van der Waals surface area contributed by atoms with E-state index in [0.29, 0.717) is 44.8 Å². The molecule has 1 heterocycles. The van der Waals surface area contributed by atoms with Crippen LogP contribution in [0.15, 0.2) is 94.5 Å². The molecule has 0 saturated carbocycles. The highest BCUT2D eigenvalue weighted by Gasteiger charge is 2.21.